The van der Waals surface area contributed by atoms with Gasteiger partial charge in [0.05, 0.1) is 11.5 Å². The Bertz CT molecular complexity index is 794. The molecule has 2 aliphatic rings. The summed E-state index contributed by atoms with van der Waals surface area (Å²) in [5, 5.41) is 4.31. The molecule has 146 valence electrons. The van der Waals surface area contributed by atoms with Crippen LogP contribution < -0.4 is 5.32 Å². The molecule has 12 heteroatoms. The van der Waals surface area contributed by atoms with Gasteiger partial charge in [0.2, 0.25) is 9.70 Å². The highest BCUT2D eigenvalue weighted by molar-refractivity contribution is 8.00. The molecule has 0 aliphatic carbocycles. The first-order valence-electron chi connectivity index (χ1n) is 7.56. The minimum Gasteiger partial charge on any atom is -0.456 e. The van der Waals surface area contributed by atoms with Crippen LogP contribution in [0.2, 0.25) is 0 Å². The molecule has 1 N–H and O–H groups in total. The Morgan fingerprint density at radius 1 is 1.37 bits per heavy atom. The second-order valence-corrected chi connectivity index (χ2v) is 10.8. The molecule has 3 heterocycles. The fourth-order valence-corrected chi connectivity index (χ4v) is 5.00. The second kappa shape index (κ2) is 8.39. The van der Waals surface area contributed by atoms with Crippen LogP contribution >= 0.6 is 69.5 Å². The molecular formula is C15H12Cl4N2O4S2. The number of amides is 2. The Morgan fingerprint density at radius 3 is 2.74 bits per heavy atom. The van der Waals surface area contributed by atoms with Crippen LogP contribution in [-0.4, -0.2) is 50.3 Å². The van der Waals surface area contributed by atoms with Gasteiger partial charge in [-0.15, -0.1) is 23.1 Å². The molecule has 6 nitrogen and oxygen atoms in total. The fraction of sp³-hybridized carbons (Fsp3) is 0.400. The van der Waals surface area contributed by atoms with Crippen molar-refractivity contribution in [2.45, 2.75) is 21.6 Å². The summed E-state index contributed by atoms with van der Waals surface area (Å²) in [6, 6.07) is 2.96. The molecule has 27 heavy (non-hydrogen) atoms. The monoisotopic (exact) mass is 488 g/mol. The van der Waals surface area contributed by atoms with Gasteiger partial charge in [-0.3, -0.25) is 14.5 Å². The molecule has 1 fully saturated rings. The van der Waals surface area contributed by atoms with E-state index in [9.17, 15) is 14.4 Å². The van der Waals surface area contributed by atoms with E-state index in [1.165, 1.54) is 28.0 Å². The Hall–Kier alpha value is -0.640. The third-order valence-corrected chi connectivity index (χ3v) is 6.67. The summed E-state index contributed by atoms with van der Waals surface area (Å²) in [6.45, 7) is -0.481. The summed E-state index contributed by atoms with van der Waals surface area (Å²) in [5.74, 6) is -1.26. The second-order valence-electron chi connectivity index (χ2n) is 5.66. The lowest BCUT2D eigenvalue weighted by atomic mass is 10.0. The van der Waals surface area contributed by atoms with Crippen LogP contribution in [0.1, 0.15) is 4.88 Å². The summed E-state index contributed by atoms with van der Waals surface area (Å²) < 4.78 is 3.16. The van der Waals surface area contributed by atoms with Crippen LogP contribution in [0, 0.1) is 0 Å². The van der Waals surface area contributed by atoms with Gasteiger partial charge in [-0.1, -0.05) is 52.5 Å². The standard InChI is InChI=1S/C15H12Cl4N2O4S2/c16-8-5-27-13-10(20-9(22)4-7-2-1-3-26-7)12(23)21(13)11(8)14(24)25-6-15(17,18)19/h1-3,10,13H,4-6H2,(H,20,22)/t10?,13-/m1/s1. The molecule has 3 rings (SSSR count). The maximum atomic E-state index is 12.5. The molecule has 2 atom stereocenters. The third-order valence-electron chi connectivity index (χ3n) is 3.71. The quantitative estimate of drug-likeness (QED) is 0.390. The number of carbonyl (C=O) groups is 3. The highest BCUT2D eigenvalue weighted by Gasteiger charge is 2.54. The van der Waals surface area contributed by atoms with Crippen molar-refractivity contribution in [2.24, 2.45) is 0 Å². The number of hydrogen-bond donors (Lipinski definition) is 1. The van der Waals surface area contributed by atoms with Crippen LogP contribution in [0.4, 0.5) is 0 Å². The van der Waals surface area contributed by atoms with Crippen molar-refractivity contribution in [2.75, 3.05) is 12.4 Å². The fourth-order valence-electron chi connectivity index (χ4n) is 2.58. The lowest BCUT2D eigenvalue weighted by molar-refractivity contribution is -0.152. The van der Waals surface area contributed by atoms with E-state index in [0.717, 1.165) is 4.88 Å². The summed E-state index contributed by atoms with van der Waals surface area (Å²) >= 11 is 25.6. The first-order chi connectivity index (χ1) is 12.7. The van der Waals surface area contributed by atoms with Crippen LogP contribution in [0.5, 0.6) is 0 Å². The van der Waals surface area contributed by atoms with E-state index in [1.807, 2.05) is 17.5 Å². The number of hydrogen-bond acceptors (Lipinski definition) is 6. The minimum atomic E-state index is -1.78. The van der Waals surface area contributed by atoms with Gasteiger partial charge < -0.3 is 10.1 Å². The number of fused-ring (bicyclic) bond motifs is 1. The average molecular weight is 490 g/mol. The number of esters is 1. The Kier molecular flexibility index (Phi) is 6.55. The first kappa shape index (κ1) is 21.1. The van der Waals surface area contributed by atoms with Crippen molar-refractivity contribution in [3.63, 3.8) is 0 Å². The number of thioether (sulfide) groups is 1. The summed E-state index contributed by atoms with van der Waals surface area (Å²) in [4.78, 5) is 39.1. The summed E-state index contributed by atoms with van der Waals surface area (Å²) in [5.41, 5.74) is -0.0802. The van der Waals surface area contributed by atoms with E-state index >= 15 is 0 Å². The molecule has 0 aromatic carbocycles. The zero-order valence-electron chi connectivity index (χ0n) is 13.4. The van der Waals surface area contributed by atoms with Crippen molar-refractivity contribution in [1.29, 1.82) is 0 Å². The van der Waals surface area contributed by atoms with Crippen LogP contribution in [0.25, 0.3) is 0 Å². The predicted molar refractivity (Wildman–Crippen MR) is 107 cm³/mol. The highest BCUT2D eigenvalue weighted by atomic mass is 35.6. The van der Waals surface area contributed by atoms with E-state index in [1.54, 1.807) is 0 Å². The lowest BCUT2D eigenvalue weighted by Gasteiger charge is -2.49. The van der Waals surface area contributed by atoms with Gasteiger partial charge in [0.1, 0.15) is 23.7 Å². The average Bonchev–Trinajstić information content (AvgIpc) is 3.09. The van der Waals surface area contributed by atoms with Crippen molar-refractivity contribution in [1.82, 2.24) is 10.2 Å². The van der Waals surface area contributed by atoms with Crippen molar-refractivity contribution in [3.8, 4) is 0 Å². The molecular weight excluding hydrogens is 478 g/mol. The Labute approximate surface area is 183 Å². The molecule has 1 saturated heterocycles. The summed E-state index contributed by atoms with van der Waals surface area (Å²) in [7, 11) is 0. The smallest absolute Gasteiger partial charge is 0.356 e. The molecule has 2 amide bonds. The van der Waals surface area contributed by atoms with Gasteiger partial charge in [0, 0.05) is 10.6 Å². The van der Waals surface area contributed by atoms with Gasteiger partial charge in [0.25, 0.3) is 5.91 Å². The topological polar surface area (TPSA) is 75.7 Å². The Balaban J connectivity index is 1.65. The third kappa shape index (κ3) is 4.86. The van der Waals surface area contributed by atoms with E-state index < -0.39 is 33.7 Å². The molecule has 0 radical (unpaired) electrons. The molecule has 0 spiro atoms. The zero-order chi connectivity index (χ0) is 19.8. The normalized spacial score (nSPS) is 22.2. The van der Waals surface area contributed by atoms with E-state index in [4.69, 9.17) is 51.1 Å². The van der Waals surface area contributed by atoms with Gasteiger partial charge in [-0.25, -0.2) is 4.79 Å². The number of nitrogens with zero attached hydrogens (tertiary/aromatic N) is 1. The van der Waals surface area contributed by atoms with Crippen molar-refractivity contribution in [3.05, 3.63) is 33.1 Å². The summed E-state index contributed by atoms with van der Waals surface area (Å²) in [6.07, 6.45) is 0.188. The van der Waals surface area contributed by atoms with Gasteiger partial charge >= 0.3 is 5.97 Å². The molecule has 0 bridgehead atoms. The number of carbonyl (C=O) groups excluding carboxylic acids is 3. The van der Waals surface area contributed by atoms with Crippen molar-refractivity contribution < 1.29 is 19.1 Å². The number of thiophene rings is 1. The molecule has 2 aliphatic heterocycles. The van der Waals surface area contributed by atoms with E-state index in [2.05, 4.69) is 5.32 Å². The number of alkyl halides is 3. The maximum Gasteiger partial charge on any atom is 0.356 e. The SMILES string of the molecule is O=C(Cc1cccs1)NC1C(=O)N2C(C(=O)OCC(Cl)(Cl)Cl)=C(Cl)CS[C@H]12. The number of nitrogens with one attached hydrogen (secondary N) is 1. The lowest BCUT2D eigenvalue weighted by Crippen LogP contribution is -2.70. The van der Waals surface area contributed by atoms with Gasteiger partial charge in [0.15, 0.2) is 0 Å². The number of ether oxygens (including phenoxy) is 1. The largest absolute Gasteiger partial charge is 0.456 e. The number of rotatable bonds is 5. The number of halogens is 4. The maximum absolute atomic E-state index is 12.5. The number of β-lactam (4-membered cyclic amide) rings is 1. The highest BCUT2D eigenvalue weighted by Crippen LogP contribution is 2.42. The van der Waals surface area contributed by atoms with Gasteiger partial charge in [-0.05, 0) is 11.4 Å². The van der Waals surface area contributed by atoms with Gasteiger partial charge in [-0.2, -0.15) is 0 Å². The zero-order valence-corrected chi connectivity index (χ0v) is 18.1. The molecule has 1 aromatic heterocycles. The van der Waals surface area contributed by atoms with Crippen LogP contribution in [0.15, 0.2) is 28.2 Å². The van der Waals surface area contributed by atoms with E-state index in [0.29, 0.717) is 5.75 Å². The molecule has 0 saturated carbocycles. The van der Waals surface area contributed by atoms with Crippen LogP contribution in [0.3, 0.4) is 0 Å². The van der Waals surface area contributed by atoms with Crippen molar-refractivity contribution >= 4 is 87.3 Å². The van der Waals surface area contributed by atoms with Crippen LogP contribution in [-0.2, 0) is 25.5 Å². The minimum absolute atomic E-state index is 0.0802. The van der Waals surface area contributed by atoms with E-state index in [-0.39, 0.29) is 23.1 Å². The first-order valence-corrected chi connectivity index (χ1v) is 11.0. The molecule has 1 unspecified atom stereocenters. The molecule has 1 aromatic rings. The predicted octanol–water partition coefficient (Wildman–Crippen LogP) is 3.05. The Morgan fingerprint density at radius 2 is 2.11 bits per heavy atom.